The molecule has 92 valence electrons. The minimum atomic E-state index is -1.02. The summed E-state index contributed by atoms with van der Waals surface area (Å²) in [5.41, 5.74) is 0.499. The Kier molecular flexibility index (Phi) is 4.51. The van der Waals surface area contributed by atoms with Crippen LogP contribution in [0.15, 0.2) is 46.0 Å². The predicted octanol–water partition coefficient (Wildman–Crippen LogP) is 2.81. The van der Waals surface area contributed by atoms with Gasteiger partial charge < -0.3 is 4.74 Å². The highest BCUT2D eigenvalue weighted by Gasteiger charge is 2.06. The summed E-state index contributed by atoms with van der Waals surface area (Å²) in [4.78, 5) is 0. The molecular formula is C13H11NO2S2. The van der Waals surface area contributed by atoms with E-state index in [4.69, 9.17) is 10.00 Å². The van der Waals surface area contributed by atoms with Gasteiger partial charge in [-0.1, -0.05) is 18.2 Å². The van der Waals surface area contributed by atoms with E-state index in [9.17, 15) is 4.21 Å². The maximum Gasteiger partial charge on any atom is 0.137 e. The van der Waals surface area contributed by atoms with Crippen LogP contribution >= 0.6 is 11.3 Å². The topological polar surface area (TPSA) is 50.1 Å². The van der Waals surface area contributed by atoms with Crippen molar-refractivity contribution >= 4 is 22.1 Å². The zero-order valence-electron chi connectivity index (χ0n) is 9.54. The fraction of sp³-hybridized carbons (Fsp3) is 0.154. The summed E-state index contributed by atoms with van der Waals surface area (Å²) in [6, 6.07) is 12.8. The van der Waals surface area contributed by atoms with Crippen LogP contribution in [0.1, 0.15) is 5.56 Å². The molecular weight excluding hydrogens is 266 g/mol. The minimum Gasteiger partial charge on any atom is -0.491 e. The fourth-order valence-electron chi connectivity index (χ4n) is 1.41. The Morgan fingerprint density at radius 3 is 2.83 bits per heavy atom. The van der Waals surface area contributed by atoms with Crippen molar-refractivity contribution in [1.29, 1.82) is 5.26 Å². The summed E-state index contributed by atoms with van der Waals surface area (Å²) in [5, 5.41) is 10.8. The number of ether oxygens (including phenoxy) is 1. The van der Waals surface area contributed by atoms with Crippen LogP contribution in [0.2, 0.25) is 0 Å². The maximum absolute atomic E-state index is 11.8. The van der Waals surface area contributed by atoms with Gasteiger partial charge in [-0.15, -0.1) is 11.3 Å². The molecule has 0 amide bonds. The number of hydrogen-bond donors (Lipinski definition) is 0. The van der Waals surface area contributed by atoms with E-state index >= 15 is 0 Å². The Hall–Kier alpha value is -1.64. The molecule has 1 unspecified atom stereocenters. The van der Waals surface area contributed by atoms with E-state index in [-0.39, 0.29) is 0 Å². The molecule has 18 heavy (non-hydrogen) atoms. The van der Waals surface area contributed by atoms with Gasteiger partial charge in [0.15, 0.2) is 0 Å². The molecule has 1 aromatic carbocycles. The summed E-state index contributed by atoms with van der Waals surface area (Å²) < 4.78 is 18.2. The van der Waals surface area contributed by atoms with Crippen molar-refractivity contribution in [2.45, 2.75) is 4.21 Å². The summed E-state index contributed by atoms with van der Waals surface area (Å²) in [7, 11) is -1.02. The first-order valence-electron chi connectivity index (χ1n) is 5.35. The highest BCUT2D eigenvalue weighted by molar-refractivity contribution is 7.87. The lowest BCUT2D eigenvalue weighted by Crippen LogP contribution is -2.08. The zero-order valence-corrected chi connectivity index (χ0v) is 11.2. The van der Waals surface area contributed by atoms with Crippen molar-refractivity contribution < 1.29 is 8.95 Å². The molecule has 0 spiro atoms. The highest BCUT2D eigenvalue weighted by Crippen LogP contribution is 2.17. The largest absolute Gasteiger partial charge is 0.491 e. The number of benzene rings is 1. The van der Waals surface area contributed by atoms with Crippen molar-refractivity contribution in [2.75, 3.05) is 12.4 Å². The van der Waals surface area contributed by atoms with Crippen molar-refractivity contribution in [3.05, 3.63) is 47.3 Å². The van der Waals surface area contributed by atoms with Gasteiger partial charge in [0, 0.05) is 0 Å². The van der Waals surface area contributed by atoms with Crippen molar-refractivity contribution in [3.63, 3.8) is 0 Å². The minimum absolute atomic E-state index is 0.337. The Bertz CT molecular complexity index is 573. The molecule has 3 nitrogen and oxygen atoms in total. The molecule has 0 aliphatic heterocycles. The number of thiophene rings is 1. The number of hydrogen-bond acceptors (Lipinski definition) is 4. The lowest BCUT2D eigenvalue weighted by atomic mass is 10.2. The van der Waals surface area contributed by atoms with E-state index in [1.807, 2.05) is 23.6 Å². The molecule has 0 radical (unpaired) electrons. The average molecular weight is 277 g/mol. The van der Waals surface area contributed by atoms with Gasteiger partial charge in [0.2, 0.25) is 0 Å². The van der Waals surface area contributed by atoms with Crippen molar-refractivity contribution in [3.8, 4) is 11.8 Å². The Labute approximate surface area is 112 Å². The summed E-state index contributed by atoms with van der Waals surface area (Å²) in [6.07, 6.45) is 0. The van der Waals surface area contributed by atoms with E-state index in [0.717, 1.165) is 4.21 Å². The van der Waals surface area contributed by atoms with E-state index in [1.54, 1.807) is 18.2 Å². The maximum atomic E-state index is 11.8. The van der Waals surface area contributed by atoms with Crippen LogP contribution in [0.5, 0.6) is 5.75 Å². The number of para-hydroxylation sites is 1. The van der Waals surface area contributed by atoms with Gasteiger partial charge in [-0.05, 0) is 23.6 Å². The van der Waals surface area contributed by atoms with Crippen LogP contribution in [0, 0.1) is 11.3 Å². The molecule has 1 heterocycles. The number of nitrogens with zero attached hydrogens (tertiary/aromatic N) is 1. The predicted molar refractivity (Wildman–Crippen MR) is 72.2 cm³/mol. The third kappa shape index (κ3) is 3.19. The summed E-state index contributed by atoms with van der Waals surface area (Å²) in [5.74, 6) is 0.975. The Morgan fingerprint density at radius 2 is 2.11 bits per heavy atom. The van der Waals surface area contributed by atoms with Crippen LogP contribution in [-0.4, -0.2) is 16.6 Å². The molecule has 2 aromatic rings. The monoisotopic (exact) mass is 277 g/mol. The van der Waals surface area contributed by atoms with Crippen LogP contribution < -0.4 is 4.74 Å². The normalized spacial score (nSPS) is 11.7. The van der Waals surface area contributed by atoms with Gasteiger partial charge in [-0.3, -0.25) is 4.21 Å². The second-order valence-electron chi connectivity index (χ2n) is 3.44. The molecule has 1 atom stereocenters. The smallest absolute Gasteiger partial charge is 0.137 e. The molecule has 0 bridgehead atoms. The first kappa shape index (κ1) is 12.8. The van der Waals surface area contributed by atoms with Gasteiger partial charge >= 0.3 is 0 Å². The van der Waals surface area contributed by atoms with Gasteiger partial charge in [-0.2, -0.15) is 5.26 Å². The number of rotatable bonds is 5. The molecule has 0 saturated carbocycles. The molecule has 0 saturated heterocycles. The second kappa shape index (κ2) is 6.34. The van der Waals surface area contributed by atoms with E-state index in [1.165, 1.54) is 11.3 Å². The molecule has 5 heteroatoms. The van der Waals surface area contributed by atoms with Gasteiger partial charge in [-0.25, -0.2) is 0 Å². The van der Waals surface area contributed by atoms with E-state index < -0.39 is 10.8 Å². The molecule has 0 fully saturated rings. The average Bonchev–Trinajstić information content (AvgIpc) is 2.93. The molecule has 2 rings (SSSR count). The van der Waals surface area contributed by atoms with E-state index in [0.29, 0.717) is 23.7 Å². The number of nitriles is 1. The highest BCUT2D eigenvalue weighted by atomic mass is 32.2. The van der Waals surface area contributed by atoms with E-state index in [2.05, 4.69) is 6.07 Å². The van der Waals surface area contributed by atoms with Gasteiger partial charge in [0.25, 0.3) is 0 Å². The molecule has 0 N–H and O–H groups in total. The third-order valence-electron chi connectivity index (χ3n) is 2.25. The van der Waals surface area contributed by atoms with Crippen molar-refractivity contribution in [1.82, 2.24) is 0 Å². The van der Waals surface area contributed by atoms with Gasteiger partial charge in [0.05, 0.1) is 26.3 Å². The summed E-state index contributed by atoms with van der Waals surface area (Å²) >= 11 is 1.48. The van der Waals surface area contributed by atoms with Crippen LogP contribution in [0.25, 0.3) is 0 Å². The van der Waals surface area contributed by atoms with Gasteiger partial charge in [0.1, 0.15) is 18.4 Å². The first-order valence-corrected chi connectivity index (χ1v) is 7.55. The first-order chi connectivity index (χ1) is 8.81. The Morgan fingerprint density at radius 1 is 1.28 bits per heavy atom. The zero-order chi connectivity index (χ0) is 12.8. The molecule has 0 aliphatic rings. The Balaban J connectivity index is 1.89. The van der Waals surface area contributed by atoms with Crippen LogP contribution in [0.3, 0.4) is 0 Å². The molecule has 1 aromatic heterocycles. The third-order valence-corrected chi connectivity index (χ3v) is 4.88. The van der Waals surface area contributed by atoms with Crippen molar-refractivity contribution in [2.24, 2.45) is 0 Å². The fourth-order valence-corrected chi connectivity index (χ4v) is 3.37. The lowest BCUT2D eigenvalue weighted by molar-refractivity contribution is 0.341. The second-order valence-corrected chi connectivity index (χ2v) is 6.18. The van der Waals surface area contributed by atoms with Crippen LogP contribution in [0.4, 0.5) is 0 Å². The standard InChI is InChI=1S/C13H11NO2S2/c14-10-11-4-1-2-5-12(11)16-7-9-18(15)13-6-3-8-17-13/h1-6,8H,7,9H2. The molecule has 0 aliphatic carbocycles. The SMILES string of the molecule is N#Cc1ccccc1OCCS(=O)c1cccs1. The summed E-state index contributed by atoms with van der Waals surface area (Å²) in [6.45, 7) is 0.337. The quantitative estimate of drug-likeness (QED) is 0.844. The van der Waals surface area contributed by atoms with Crippen LogP contribution in [-0.2, 0) is 10.8 Å². The lowest BCUT2D eigenvalue weighted by Gasteiger charge is -2.06.